The van der Waals surface area contributed by atoms with Crippen molar-refractivity contribution < 1.29 is 9.90 Å². The van der Waals surface area contributed by atoms with Gasteiger partial charge in [-0.05, 0) is 49.5 Å². The second kappa shape index (κ2) is 4.59. The van der Waals surface area contributed by atoms with E-state index >= 15 is 0 Å². The van der Waals surface area contributed by atoms with Gasteiger partial charge in [-0.3, -0.25) is 4.79 Å². The molecule has 1 fully saturated rings. The Labute approximate surface area is 120 Å². The second-order valence-corrected chi connectivity index (χ2v) is 6.59. The number of β-amino-alcohol motifs (C(OH)–C–C–N with tert-alkyl or cyclic N) is 1. The molecule has 3 heteroatoms. The summed E-state index contributed by atoms with van der Waals surface area (Å²) in [6.45, 7) is 8.88. The minimum absolute atomic E-state index is 0.0104. The van der Waals surface area contributed by atoms with E-state index in [4.69, 9.17) is 0 Å². The summed E-state index contributed by atoms with van der Waals surface area (Å²) in [5, 5.41) is 9.21. The standard InChI is InChI=1S/C17H23NO2/c1-11-5-4-6-17(3)10-15-13(9-14(11)17)12(2)16(20)18(15)7-8-19/h10,14,19H,1,4-9H2,2-3H3/t14-,17+/m0/s1. The zero-order chi connectivity index (χ0) is 14.5. The van der Waals surface area contributed by atoms with Crippen LogP contribution < -0.4 is 0 Å². The molecule has 0 spiro atoms. The highest BCUT2D eigenvalue weighted by molar-refractivity contribution is 6.00. The van der Waals surface area contributed by atoms with E-state index in [0.717, 1.165) is 30.5 Å². The summed E-state index contributed by atoms with van der Waals surface area (Å²) in [6, 6.07) is 0. The van der Waals surface area contributed by atoms with Crippen LogP contribution in [0.3, 0.4) is 0 Å². The lowest BCUT2D eigenvalue weighted by Gasteiger charge is -2.45. The van der Waals surface area contributed by atoms with Gasteiger partial charge in [-0.1, -0.05) is 25.2 Å². The largest absolute Gasteiger partial charge is 0.395 e. The molecule has 1 saturated carbocycles. The van der Waals surface area contributed by atoms with Gasteiger partial charge < -0.3 is 10.0 Å². The molecule has 3 rings (SSSR count). The van der Waals surface area contributed by atoms with Gasteiger partial charge in [0.25, 0.3) is 5.91 Å². The lowest BCUT2D eigenvalue weighted by Crippen LogP contribution is -2.37. The Bertz CT molecular complexity index is 543. The molecule has 0 radical (unpaired) electrons. The van der Waals surface area contributed by atoms with E-state index in [1.807, 2.05) is 6.92 Å². The highest BCUT2D eigenvalue weighted by atomic mass is 16.3. The molecule has 1 heterocycles. The summed E-state index contributed by atoms with van der Waals surface area (Å²) in [5.74, 6) is 0.528. The molecule has 108 valence electrons. The van der Waals surface area contributed by atoms with Crippen molar-refractivity contribution in [2.45, 2.75) is 39.5 Å². The first-order chi connectivity index (χ1) is 9.48. The van der Waals surface area contributed by atoms with Crippen LogP contribution in [0.1, 0.15) is 39.5 Å². The SMILES string of the molecule is C=C1CCC[C@]2(C)C=C3C(=C(C)C(=O)N3CCO)C[C@@H]12. The lowest BCUT2D eigenvalue weighted by atomic mass is 9.60. The first kappa shape index (κ1) is 13.6. The van der Waals surface area contributed by atoms with Crippen molar-refractivity contribution in [1.82, 2.24) is 4.90 Å². The first-order valence-corrected chi connectivity index (χ1v) is 7.51. The van der Waals surface area contributed by atoms with Gasteiger partial charge in [0.15, 0.2) is 0 Å². The summed E-state index contributed by atoms with van der Waals surface area (Å²) >= 11 is 0. The molecule has 3 aliphatic rings. The Hall–Kier alpha value is -1.35. The van der Waals surface area contributed by atoms with Crippen LogP contribution in [0.4, 0.5) is 0 Å². The number of allylic oxidation sites excluding steroid dienone is 3. The van der Waals surface area contributed by atoms with E-state index in [1.54, 1.807) is 4.90 Å². The number of rotatable bonds is 2. The average molecular weight is 273 g/mol. The van der Waals surface area contributed by atoms with Gasteiger partial charge in [-0.2, -0.15) is 0 Å². The zero-order valence-corrected chi connectivity index (χ0v) is 12.4. The van der Waals surface area contributed by atoms with Crippen LogP contribution in [-0.2, 0) is 4.79 Å². The van der Waals surface area contributed by atoms with Gasteiger partial charge in [-0.15, -0.1) is 0 Å². The quantitative estimate of drug-likeness (QED) is 0.786. The number of fused-ring (bicyclic) bond motifs is 2. The molecular weight excluding hydrogens is 250 g/mol. The van der Waals surface area contributed by atoms with Crippen LogP contribution in [-0.4, -0.2) is 29.1 Å². The number of nitrogens with zero attached hydrogens (tertiary/aromatic N) is 1. The van der Waals surface area contributed by atoms with Gasteiger partial charge in [0.2, 0.25) is 0 Å². The lowest BCUT2D eigenvalue weighted by molar-refractivity contribution is -0.124. The second-order valence-electron chi connectivity index (χ2n) is 6.59. The fourth-order valence-corrected chi connectivity index (χ4v) is 4.12. The van der Waals surface area contributed by atoms with Crippen molar-refractivity contribution in [3.63, 3.8) is 0 Å². The van der Waals surface area contributed by atoms with Crippen molar-refractivity contribution >= 4 is 5.91 Å². The number of hydrogen-bond acceptors (Lipinski definition) is 2. The molecule has 0 saturated heterocycles. The van der Waals surface area contributed by atoms with Crippen molar-refractivity contribution in [2.24, 2.45) is 11.3 Å². The van der Waals surface area contributed by atoms with Crippen LogP contribution in [0.5, 0.6) is 0 Å². The first-order valence-electron chi connectivity index (χ1n) is 7.51. The van der Waals surface area contributed by atoms with Gasteiger partial charge in [-0.25, -0.2) is 0 Å². The van der Waals surface area contributed by atoms with Crippen LogP contribution in [0.15, 0.2) is 35.1 Å². The molecule has 0 bridgehead atoms. The zero-order valence-electron chi connectivity index (χ0n) is 12.4. The summed E-state index contributed by atoms with van der Waals surface area (Å²) < 4.78 is 0. The van der Waals surface area contributed by atoms with Crippen LogP contribution in [0, 0.1) is 11.3 Å². The van der Waals surface area contributed by atoms with Gasteiger partial charge in [0, 0.05) is 17.8 Å². The predicted molar refractivity (Wildman–Crippen MR) is 78.8 cm³/mol. The fraction of sp³-hybridized carbons (Fsp3) is 0.588. The number of aliphatic hydroxyl groups excluding tert-OH is 1. The molecule has 0 aromatic rings. The Morgan fingerprint density at radius 3 is 3.00 bits per heavy atom. The number of amides is 1. The Morgan fingerprint density at radius 1 is 1.55 bits per heavy atom. The smallest absolute Gasteiger partial charge is 0.254 e. The van der Waals surface area contributed by atoms with E-state index in [-0.39, 0.29) is 17.9 Å². The van der Waals surface area contributed by atoms with E-state index in [9.17, 15) is 9.90 Å². The summed E-state index contributed by atoms with van der Waals surface area (Å²) in [5.41, 5.74) is 4.53. The normalized spacial score (nSPS) is 33.2. The Kier molecular flexibility index (Phi) is 3.13. The molecule has 2 aliphatic carbocycles. The minimum atomic E-state index is 0.0104. The summed E-state index contributed by atoms with van der Waals surface area (Å²) in [6.07, 6.45) is 6.67. The van der Waals surface area contributed by atoms with E-state index in [0.29, 0.717) is 12.5 Å². The van der Waals surface area contributed by atoms with E-state index < -0.39 is 0 Å². The van der Waals surface area contributed by atoms with Gasteiger partial charge in [0.1, 0.15) is 0 Å². The average Bonchev–Trinajstić information content (AvgIpc) is 2.62. The maximum Gasteiger partial charge on any atom is 0.254 e. The summed E-state index contributed by atoms with van der Waals surface area (Å²) in [4.78, 5) is 14.1. The monoisotopic (exact) mass is 273 g/mol. The maximum absolute atomic E-state index is 12.3. The fourth-order valence-electron chi connectivity index (χ4n) is 4.12. The third kappa shape index (κ3) is 1.80. The number of carbonyl (C=O) groups is 1. The topological polar surface area (TPSA) is 40.5 Å². The molecule has 0 aromatic carbocycles. The molecule has 1 N–H and O–H groups in total. The molecular formula is C17H23NO2. The number of aliphatic hydroxyl groups is 1. The molecule has 20 heavy (non-hydrogen) atoms. The van der Waals surface area contributed by atoms with Crippen molar-refractivity contribution in [1.29, 1.82) is 0 Å². The van der Waals surface area contributed by atoms with Crippen molar-refractivity contribution in [3.05, 3.63) is 35.1 Å². The molecule has 1 aliphatic heterocycles. The molecule has 0 aromatic heterocycles. The molecule has 1 amide bonds. The van der Waals surface area contributed by atoms with Gasteiger partial charge >= 0.3 is 0 Å². The van der Waals surface area contributed by atoms with Crippen LogP contribution in [0.2, 0.25) is 0 Å². The van der Waals surface area contributed by atoms with E-state index in [1.165, 1.54) is 17.6 Å². The Balaban J connectivity index is 2.06. The van der Waals surface area contributed by atoms with E-state index in [2.05, 4.69) is 19.6 Å². The summed E-state index contributed by atoms with van der Waals surface area (Å²) in [7, 11) is 0. The van der Waals surface area contributed by atoms with Crippen molar-refractivity contribution in [2.75, 3.05) is 13.2 Å². The minimum Gasteiger partial charge on any atom is -0.395 e. The highest BCUT2D eigenvalue weighted by Crippen LogP contribution is 2.54. The molecule has 0 unspecified atom stereocenters. The number of carbonyl (C=O) groups excluding carboxylic acids is 1. The van der Waals surface area contributed by atoms with Crippen molar-refractivity contribution in [3.8, 4) is 0 Å². The van der Waals surface area contributed by atoms with Gasteiger partial charge in [0.05, 0.1) is 6.61 Å². The third-order valence-electron chi connectivity index (χ3n) is 5.32. The number of hydrogen-bond donors (Lipinski definition) is 1. The Morgan fingerprint density at radius 2 is 2.30 bits per heavy atom. The highest BCUT2D eigenvalue weighted by Gasteiger charge is 2.45. The molecule has 3 nitrogen and oxygen atoms in total. The third-order valence-corrected chi connectivity index (χ3v) is 5.32. The van der Waals surface area contributed by atoms with Crippen LogP contribution in [0.25, 0.3) is 0 Å². The maximum atomic E-state index is 12.3. The predicted octanol–water partition coefficient (Wildman–Crippen LogP) is 2.79. The molecule has 2 atom stereocenters. The van der Waals surface area contributed by atoms with Crippen LogP contribution >= 0.6 is 0 Å².